The van der Waals surface area contributed by atoms with Crippen molar-refractivity contribution in [2.24, 2.45) is 0 Å². The molecule has 0 amide bonds. The Balaban J connectivity index is 1.85. The fourth-order valence-corrected chi connectivity index (χ4v) is 2.76. The van der Waals surface area contributed by atoms with Crippen LogP contribution in [0.4, 0.5) is 0 Å². The van der Waals surface area contributed by atoms with Gasteiger partial charge in [0.05, 0.1) is 22.5 Å². The summed E-state index contributed by atoms with van der Waals surface area (Å²) in [6.07, 6.45) is 3.72. The summed E-state index contributed by atoms with van der Waals surface area (Å²) in [7, 11) is -0.408. The predicted molar refractivity (Wildman–Crippen MR) is 79.7 cm³/mol. The number of aryl methyl sites for hydroxylation is 1. The molecule has 0 radical (unpaired) electrons. The topological polar surface area (TPSA) is 49.2 Å². The van der Waals surface area contributed by atoms with E-state index in [2.05, 4.69) is 9.97 Å². The molecule has 0 spiro atoms. The van der Waals surface area contributed by atoms with Crippen molar-refractivity contribution >= 4 is 24.0 Å². The number of hydrogen-bond donors (Lipinski definition) is 0. The SMILES string of the molecule is Cc1cn(-c2nc(B3OC(C)(C)C(C)(C)O3)cs2)cn1. The number of hydrogen-bond acceptors (Lipinski definition) is 5. The van der Waals surface area contributed by atoms with Crippen LogP contribution in [0.15, 0.2) is 17.9 Å². The third kappa shape index (κ3) is 2.19. The number of aromatic nitrogens is 3. The van der Waals surface area contributed by atoms with Crippen LogP contribution >= 0.6 is 11.3 Å². The second-order valence-corrected chi connectivity index (χ2v) is 6.90. The van der Waals surface area contributed by atoms with Crippen molar-refractivity contribution in [1.29, 1.82) is 0 Å². The van der Waals surface area contributed by atoms with E-state index in [0.29, 0.717) is 0 Å². The van der Waals surface area contributed by atoms with Crippen LogP contribution in [-0.4, -0.2) is 32.9 Å². The molecule has 5 nitrogen and oxygen atoms in total. The highest BCUT2D eigenvalue weighted by Gasteiger charge is 2.52. The van der Waals surface area contributed by atoms with Gasteiger partial charge < -0.3 is 9.31 Å². The van der Waals surface area contributed by atoms with E-state index in [0.717, 1.165) is 16.4 Å². The van der Waals surface area contributed by atoms with Crippen LogP contribution in [0, 0.1) is 6.92 Å². The van der Waals surface area contributed by atoms with Crippen molar-refractivity contribution < 1.29 is 9.31 Å². The molecule has 0 N–H and O–H groups in total. The standard InChI is InChI=1S/C13H18BN3O2S/c1-9-6-17(8-15-9)11-16-10(7-20-11)14-18-12(2,3)13(4,5)19-14/h6-8H,1-5H3. The van der Waals surface area contributed by atoms with Gasteiger partial charge in [-0.2, -0.15) is 0 Å². The predicted octanol–water partition coefficient (Wildman–Crippen LogP) is 1.94. The lowest BCUT2D eigenvalue weighted by Gasteiger charge is -2.32. The first kappa shape index (κ1) is 13.8. The van der Waals surface area contributed by atoms with E-state index in [1.807, 2.05) is 50.8 Å². The first-order valence-electron chi connectivity index (χ1n) is 6.60. The van der Waals surface area contributed by atoms with Crippen molar-refractivity contribution in [3.8, 4) is 5.13 Å². The summed E-state index contributed by atoms with van der Waals surface area (Å²) in [4.78, 5) is 8.81. The lowest BCUT2D eigenvalue weighted by molar-refractivity contribution is 0.00578. The number of thiazole rings is 1. The van der Waals surface area contributed by atoms with E-state index in [9.17, 15) is 0 Å². The molecule has 3 rings (SSSR count). The van der Waals surface area contributed by atoms with Crippen LogP contribution in [0.25, 0.3) is 5.13 Å². The largest absolute Gasteiger partial charge is 0.515 e. The maximum absolute atomic E-state index is 6.00. The monoisotopic (exact) mass is 291 g/mol. The molecule has 2 aromatic rings. The zero-order chi connectivity index (χ0) is 14.5. The number of imidazole rings is 1. The fraction of sp³-hybridized carbons (Fsp3) is 0.538. The summed E-state index contributed by atoms with van der Waals surface area (Å²) in [5, 5.41) is 2.85. The first-order chi connectivity index (χ1) is 9.28. The zero-order valence-electron chi connectivity index (χ0n) is 12.4. The van der Waals surface area contributed by atoms with Gasteiger partial charge in [0.15, 0.2) is 5.13 Å². The first-order valence-corrected chi connectivity index (χ1v) is 7.48. The molecular formula is C13H18BN3O2S. The van der Waals surface area contributed by atoms with Gasteiger partial charge in [-0.05, 0) is 34.6 Å². The van der Waals surface area contributed by atoms with Crippen LogP contribution in [0.5, 0.6) is 0 Å². The minimum absolute atomic E-state index is 0.340. The van der Waals surface area contributed by atoms with Gasteiger partial charge in [-0.25, -0.2) is 9.97 Å². The van der Waals surface area contributed by atoms with E-state index in [1.165, 1.54) is 0 Å². The van der Waals surface area contributed by atoms with Crippen molar-refractivity contribution in [3.05, 3.63) is 23.6 Å². The second kappa shape index (κ2) is 4.41. The third-order valence-corrected chi connectivity index (χ3v) is 4.81. The van der Waals surface area contributed by atoms with E-state index in [4.69, 9.17) is 9.31 Å². The van der Waals surface area contributed by atoms with Crippen LogP contribution in [-0.2, 0) is 9.31 Å². The minimum atomic E-state index is -0.408. The molecule has 0 unspecified atom stereocenters. The summed E-state index contributed by atoms with van der Waals surface area (Å²) in [6.45, 7) is 10.1. The van der Waals surface area contributed by atoms with Crippen molar-refractivity contribution in [3.63, 3.8) is 0 Å². The average Bonchev–Trinajstić information content (AvgIpc) is 2.98. The fourth-order valence-electron chi connectivity index (χ4n) is 1.99. The molecule has 7 heteroatoms. The molecule has 3 heterocycles. The molecule has 1 saturated heterocycles. The number of nitrogens with zero attached hydrogens (tertiary/aromatic N) is 3. The van der Waals surface area contributed by atoms with E-state index < -0.39 is 7.12 Å². The maximum Gasteiger partial charge on any atom is 0.515 e. The number of rotatable bonds is 2. The summed E-state index contributed by atoms with van der Waals surface area (Å²) in [5.74, 6) is 0. The molecule has 2 aromatic heterocycles. The van der Waals surface area contributed by atoms with Gasteiger partial charge in [0.1, 0.15) is 6.33 Å². The Kier molecular flexibility index (Phi) is 3.04. The molecule has 0 atom stereocenters. The van der Waals surface area contributed by atoms with Crippen LogP contribution in [0.2, 0.25) is 0 Å². The Hall–Kier alpha value is -1.18. The van der Waals surface area contributed by atoms with Crippen LogP contribution < -0.4 is 5.59 Å². The smallest absolute Gasteiger partial charge is 0.398 e. The van der Waals surface area contributed by atoms with Crippen molar-refractivity contribution in [2.45, 2.75) is 45.8 Å². The second-order valence-electron chi connectivity index (χ2n) is 6.07. The van der Waals surface area contributed by atoms with Crippen molar-refractivity contribution in [2.75, 3.05) is 0 Å². The Morgan fingerprint density at radius 2 is 1.85 bits per heavy atom. The highest BCUT2D eigenvalue weighted by atomic mass is 32.1. The van der Waals surface area contributed by atoms with E-state index in [1.54, 1.807) is 17.7 Å². The summed E-state index contributed by atoms with van der Waals surface area (Å²) in [6, 6.07) is 0. The molecule has 20 heavy (non-hydrogen) atoms. The van der Waals surface area contributed by atoms with Gasteiger partial charge in [-0.15, -0.1) is 11.3 Å². The lowest BCUT2D eigenvalue weighted by atomic mass is 9.86. The molecule has 1 aliphatic heterocycles. The lowest BCUT2D eigenvalue weighted by Crippen LogP contribution is -2.41. The Morgan fingerprint density at radius 1 is 1.20 bits per heavy atom. The van der Waals surface area contributed by atoms with Gasteiger partial charge >= 0.3 is 7.12 Å². The Morgan fingerprint density at radius 3 is 2.40 bits per heavy atom. The highest BCUT2D eigenvalue weighted by molar-refractivity contribution is 7.13. The van der Waals surface area contributed by atoms with E-state index >= 15 is 0 Å². The van der Waals surface area contributed by atoms with Gasteiger partial charge in [0.2, 0.25) is 0 Å². The third-order valence-electron chi connectivity index (χ3n) is 3.94. The van der Waals surface area contributed by atoms with Crippen LogP contribution in [0.1, 0.15) is 33.4 Å². The maximum atomic E-state index is 6.00. The molecular weight excluding hydrogens is 273 g/mol. The Bertz CT molecular complexity index is 619. The minimum Gasteiger partial charge on any atom is -0.398 e. The Labute approximate surface area is 123 Å². The molecule has 0 aromatic carbocycles. The van der Waals surface area contributed by atoms with Gasteiger partial charge in [-0.1, -0.05) is 0 Å². The van der Waals surface area contributed by atoms with Crippen molar-refractivity contribution in [1.82, 2.24) is 14.5 Å². The molecule has 0 saturated carbocycles. The zero-order valence-corrected chi connectivity index (χ0v) is 13.2. The molecule has 0 aliphatic carbocycles. The average molecular weight is 291 g/mol. The summed E-state index contributed by atoms with van der Waals surface area (Å²) in [5.41, 5.74) is 1.10. The molecule has 1 aliphatic rings. The normalized spacial score (nSPS) is 20.6. The highest BCUT2D eigenvalue weighted by Crippen LogP contribution is 2.36. The summed E-state index contributed by atoms with van der Waals surface area (Å²) >= 11 is 1.55. The molecule has 1 fully saturated rings. The van der Waals surface area contributed by atoms with Gasteiger partial charge in [0.25, 0.3) is 0 Å². The van der Waals surface area contributed by atoms with Gasteiger partial charge in [-0.3, -0.25) is 4.57 Å². The van der Waals surface area contributed by atoms with Crippen LogP contribution in [0.3, 0.4) is 0 Å². The summed E-state index contributed by atoms with van der Waals surface area (Å²) < 4.78 is 13.9. The van der Waals surface area contributed by atoms with Gasteiger partial charge in [0, 0.05) is 11.6 Å². The quantitative estimate of drug-likeness (QED) is 0.793. The molecule has 106 valence electrons. The van der Waals surface area contributed by atoms with E-state index in [-0.39, 0.29) is 11.2 Å². The molecule has 0 bridgehead atoms.